The predicted octanol–water partition coefficient (Wildman–Crippen LogP) is 2.26. The van der Waals surface area contributed by atoms with Crippen molar-refractivity contribution in [3.8, 4) is 0 Å². The van der Waals surface area contributed by atoms with E-state index in [2.05, 4.69) is 0 Å². The van der Waals surface area contributed by atoms with Gasteiger partial charge in [0.15, 0.2) is 11.1 Å². The maximum absolute atomic E-state index is 12.1. The zero-order chi connectivity index (χ0) is 15.0. The molecule has 1 saturated heterocycles. The van der Waals surface area contributed by atoms with Crippen molar-refractivity contribution in [1.82, 2.24) is 4.90 Å². The van der Waals surface area contributed by atoms with E-state index >= 15 is 0 Å². The van der Waals surface area contributed by atoms with E-state index in [-0.39, 0.29) is 18.7 Å². The minimum absolute atomic E-state index is 0.0319. The molecule has 21 heavy (non-hydrogen) atoms. The van der Waals surface area contributed by atoms with Crippen LogP contribution < -0.4 is 0 Å². The van der Waals surface area contributed by atoms with Crippen LogP contribution in [0.25, 0.3) is 0 Å². The van der Waals surface area contributed by atoms with Crippen LogP contribution in [-0.2, 0) is 20.0 Å². The molecule has 4 unspecified atom stereocenters. The Morgan fingerprint density at radius 1 is 1.33 bits per heavy atom. The number of amides is 1. The minimum atomic E-state index is -1.49. The van der Waals surface area contributed by atoms with Crippen LogP contribution in [0.4, 0.5) is 4.79 Å². The number of ether oxygens (including phenoxy) is 1. The van der Waals surface area contributed by atoms with E-state index in [4.69, 9.17) is 8.92 Å². The lowest BCUT2D eigenvalue weighted by Gasteiger charge is -2.25. The maximum atomic E-state index is 12.1. The fourth-order valence-electron chi connectivity index (χ4n) is 2.96. The standard InChI is InChI=1S/C15H19NO4S/c1-10-3-5-13(6-4-10)21(18)20-9-12-7-11-8-14(11)16(12)15(17)19-2/h3-6,11-12,14H,7-9H2,1-2H3. The predicted molar refractivity (Wildman–Crippen MR) is 78.1 cm³/mol. The zero-order valence-electron chi connectivity index (χ0n) is 12.2. The van der Waals surface area contributed by atoms with E-state index in [0.29, 0.717) is 16.9 Å². The van der Waals surface area contributed by atoms with Crippen LogP contribution in [0, 0.1) is 12.8 Å². The molecule has 1 aromatic rings. The number of fused-ring (bicyclic) bond motifs is 1. The van der Waals surface area contributed by atoms with Gasteiger partial charge in [-0.1, -0.05) is 17.7 Å². The Kier molecular flexibility index (Phi) is 3.99. The lowest BCUT2D eigenvalue weighted by molar-refractivity contribution is 0.0972. The van der Waals surface area contributed by atoms with E-state index in [1.54, 1.807) is 17.0 Å². The van der Waals surface area contributed by atoms with Gasteiger partial charge >= 0.3 is 6.09 Å². The number of hydrogen-bond acceptors (Lipinski definition) is 4. The van der Waals surface area contributed by atoms with Crippen molar-refractivity contribution in [2.75, 3.05) is 13.7 Å². The largest absolute Gasteiger partial charge is 0.453 e. The summed E-state index contributed by atoms with van der Waals surface area (Å²) in [5, 5.41) is 0. The lowest BCUT2D eigenvalue weighted by atomic mass is 10.2. The van der Waals surface area contributed by atoms with Gasteiger partial charge in [-0.05, 0) is 37.8 Å². The summed E-state index contributed by atoms with van der Waals surface area (Å²) in [5.41, 5.74) is 1.11. The van der Waals surface area contributed by atoms with E-state index in [1.165, 1.54) is 7.11 Å². The number of carbonyl (C=O) groups is 1. The monoisotopic (exact) mass is 309 g/mol. The van der Waals surface area contributed by atoms with Crippen LogP contribution in [0.15, 0.2) is 29.2 Å². The van der Waals surface area contributed by atoms with E-state index in [1.807, 2.05) is 19.1 Å². The molecule has 0 radical (unpaired) electrons. The first-order valence-electron chi connectivity index (χ1n) is 7.08. The van der Waals surface area contributed by atoms with Gasteiger partial charge in [0.25, 0.3) is 0 Å². The highest BCUT2D eigenvalue weighted by Crippen LogP contribution is 2.48. The molecule has 114 valence electrons. The van der Waals surface area contributed by atoms with Crippen LogP contribution in [0.2, 0.25) is 0 Å². The lowest BCUT2D eigenvalue weighted by Crippen LogP contribution is -2.41. The highest BCUT2D eigenvalue weighted by atomic mass is 32.2. The Labute approximate surface area is 126 Å². The molecule has 0 bridgehead atoms. The summed E-state index contributed by atoms with van der Waals surface area (Å²) in [6.07, 6.45) is 1.65. The van der Waals surface area contributed by atoms with Crippen molar-refractivity contribution in [3.63, 3.8) is 0 Å². The van der Waals surface area contributed by atoms with Gasteiger partial charge < -0.3 is 4.74 Å². The van der Waals surface area contributed by atoms with Crippen molar-refractivity contribution in [2.45, 2.75) is 36.7 Å². The summed E-state index contributed by atoms with van der Waals surface area (Å²) in [6.45, 7) is 2.26. The van der Waals surface area contributed by atoms with Gasteiger partial charge in [0.2, 0.25) is 0 Å². The van der Waals surface area contributed by atoms with E-state index in [9.17, 15) is 9.00 Å². The molecule has 0 aromatic heterocycles. The number of rotatable bonds is 4. The van der Waals surface area contributed by atoms with Gasteiger partial charge in [-0.25, -0.2) is 9.00 Å². The second-order valence-corrected chi connectivity index (χ2v) is 6.84. The molecule has 6 heteroatoms. The molecule has 2 fully saturated rings. The summed E-state index contributed by atoms with van der Waals surface area (Å²) in [5.74, 6) is 0.561. The third kappa shape index (κ3) is 2.96. The van der Waals surface area contributed by atoms with Crippen LogP contribution >= 0.6 is 0 Å². The first-order valence-corrected chi connectivity index (χ1v) is 8.15. The molecule has 2 aliphatic rings. The van der Waals surface area contributed by atoms with Crippen molar-refractivity contribution in [2.24, 2.45) is 5.92 Å². The molecule has 1 amide bonds. The van der Waals surface area contributed by atoms with Crippen LogP contribution in [0.5, 0.6) is 0 Å². The Hall–Kier alpha value is -1.40. The highest BCUT2D eigenvalue weighted by Gasteiger charge is 2.54. The summed E-state index contributed by atoms with van der Waals surface area (Å²) < 4.78 is 22.4. The molecule has 0 N–H and O–H groups in total. The zero-order valence-corrected chi connectivity index (χ0v) is 13.0. The summed E-state index contributed by atoms with van der Waals surface area (Å²) in [6, 6.07) is 7.67. The van der Waals surface area contributed by atoms with Crippen molar-refractivity contribution in [3.05, 3.63) is 29.8 Å². The smallest absolute Gasteiger partial charge is 0.410 e. The third-order valence-corrected chi connectivity index (χ3v) is 5.18. The van der Waals surface area contributed by atoms with Crippen molar-refractivity contribution in [1.29, 1.82) is 0 Å². The topological polar surface area (TPSA) is 55.8 Å². The Morgan fingerprint density at radius 2 is 2.05 bits per heavy atom. The second kappa shape index (κ2) is 5.77. The first-order chi connectivity index (χ1) is 10.1. The van der Waals surface area contributed by atoms with Crippen molar-refractivity contribution >= 4 is 17.2 Å². The van der Waals surface area contributed by atoms with Crippen molar-refractivity contribution < 1.29 is 17.9 Å². The molecule has 1 saturated carbocycles. The average Bonchev–Trinajstić information content (AvgIpc) is 3.15. The van der Waals surface area contributed by atoms with Gasteiger partial charge in [-0.2, -0.15) is 0 Å². The third-order valence-electron chi connectivity index (χ3n) is 4.18. The molecule has 1 aliphatic heterocycles. The number of likely N-dealkylation sites (tertiary alicyclic amines) is 1. The molecule has 0 spiro atoms. The Bertz CT molecular complexity index is 559. The van der Waals surface area contributed by atoms with Crippen LogP contribution in [0.1, 0.15) is 18.4 Å². The Morgan fingerprint density at radius 3 is 2.71 bits per heavy atom. The fourth-order valence-corrected chi connectivity index (χ4v) is 3.73. The van der Waals surface area contributed by atoms with Crippen LogP contribution in [-0.4, -0.2) is 41.0 Å². The van der Waals surface area contributed by atoms with E-state index in [0.717, 1.165) is 18.4 Å². The summed E-state index contributed by atoms with van der Waals surface area (Å²) >= 11 is -1.49. The van der Waals surface area contributed by atoms with E-state index < -0.39 is 11.1 Å². The van der Waals surface area contributed by atoms with Gasteiger partial charge in [0, 0.05) is 6.04 Å². The molecule has 1 aromatic carbocycles. The quantitative estimate of drug-likeness (QED) is 0.856. The number of benzene rings is 1. The molecule has 4 atom stereocenters. The van der Waals surface area contributed by atoms with Gasteiger partial charge in [0.05, 0.1) is 24.7 Å². The second-order valence-electron chi connectivity index (χ2n) is 5.66. The van der Waals surface area contributed by atoms with Crippen LogP contribution in [0.3, 0.4) is 0 Å². The molecule has 5 nitrogen and oxygen atoms in total. The fraction of sp³-hybridized carbons (Fsp3) is 0.533. The minimum Gasteiger partial charge on any atom is -0.453 e. The van der Waals surface area contributed by atoms with Gasteiger partial charge in [-0.3, -0.25) is 9.08 Å². The van der Waals surface area contributed by atoms with Gasteiger partial charge in [0.1, 0.15) is 0 Å². The number of nitrogens with zero attached hydrogens (tertiary/aromatic N) is 1. The maximum Gasteiger partial charge on any atom is 0.410 e. The number of piperidine rings is 1. The molecule has 1 aliphatic carbocycles. The summed E-state index contributed by atoms with van der Waals surface area (Å²) in [4.78, 5) is 14.2. The summed E-state index contributed by atoms with van der Waals surface area (Å²) in [7, 11) is 1.39. The number of hydrogen-bond donors (Lipinski definition) is 0. The first kappa shape index (κ1) is 14.5. The number of carbonyl (C=O) groups excluding carboxylic acids is 1. The molecule has 3 rings (SSSR count). The Balaban J connectivity index is 1.58. The number of aryl methyl sites for hydroxylation is 1. The molecular weight excluding hydrogens is 290 g/mol. The molecular formula is C15H19NO4S. The normalized spacial score (nSPS) is 28.1. The highest BCUT2D eigenvalue weighted by molar-refractivity contribution is 7.80. The average molecular weight is 309 g/mol. The van der Waals surface area contributed by atoms with Gasteiger partial charge in [-0.15, -0.1) is 0 Å². The molecule has 1 heterocycles. The number of methoxy groups -OCH3 is 1. The SMILES string of the molecule is COC(=O)N1C(COS(=O)c2ccc(C)cc2)CC2CC21.